The molecule has 1 unspecified atom stereocenters. The van der Waals surface area contributed by atoms with Crippen molar-refractivity contribution < 1.29 is 9.47 Å². The summed E-state index contributed by atoms with van der Waals surface area (Å²) in [5.74, 6) is 1.29. The number of H-pyrrole nitrogens is 1. The first kappa shape index (κ1) is 18.3. The summed E-state index contributed by atoms with van der Waals surface area (Å²) >= 11 is 0. The zero-order chi connectivity index (χ0) is 19.6. The molecule has 5 rings (SSSR count). The molecule has 5 heterocycles. The lowest BCUT2D eigenvalue weighted by atomic mass is 10.00. The second-order valence-corrected chi connectivity index (χ2v) is 7.66. The zero-order valence-corrected chi connectivity index (χ0v) is 16.2. The molecule has 1 N–H and O–H groups in total. The van der Waals surface area contributed by atoms with E-state index in [0.717, 1.165) is 57.1 Å². The average molecular weight is 396 g/mol. The highest BCUT2D eigenvalue weighted by Crippen LogP contribution is 2.26. The lowest BCUT2D eigenvalue weighted by molar-refractivity contribution is 0.0835. The molecule has 0 spiro atoms. The smallest absolute Gasteiger partial charge is 0.316 e. The number of hydrogen-bond donors (Lipinski definition) is 1. The quantitative estimate of drug-likeness (QED) is 0.695. The Morgan fingerprint density at radius 2 is 2.00 bits per heavy atom. The van der Waals surface area contributed by atoms with Crippen molar-refractivity contribution >= 4 is 5.52 Å². The molecule has 3 aromatic rings. The van der Waals surface area contributed by atoms with E-state index in [1.807, 2.05) is 10.6 Å². The van der Waals surface area contributed by atoms with E-state index in [-0.39, 0.29) is 11.7 Å². The maximum Gasteiger partial charge on any atom is 0.316 e. The molecule has 2 aliphatic rings. The van der Waals surface area contributed by atoms with Crippen molar-refractivity contribution in [3.05, 3.63) is 52.7 Å². The standard InChI is InChI=1S/C20H24N6O3/c27-19-17-10-23-18(14-3-8-28-9-4-14)26(17)12-15(24-19)11-25-7-2-16(13-25)29-20-21-5-1-6-22-20/h1,5-6,10,12,14,16H,2-4,7-9,11,13H2,(H,24,27). The van der Waals surface area contributed by atoms with Gasteiger partial charge >= 0.3 is 6.01 Å². The predicted octanol–water partition coefficient (Wildman–Crippen LogP) is 1.36. The minimum atomic E-state index is -0.0991. The van der Waals surface area contributed by atoms with E-state index in [4.69, 9.17) is 9.47 Å². The molecule has 152 valence electrons. The van der Waals surface area contributed by atoms with Gasteiger partial charge in [0, 0.05) is 63.1 Å². The van der Waals surface area contributed by atoms with Gasteiger partial charge in [-0.2, -0.15) is 0 Å². The molecule has 9 nitrogen and oxygen atoms in total. The zero-order valence-electron chi connectivity index (χ0n) is 16.2. The summed E-state index contributed by atoms with van der Waals surface area (Å²) in [4.78, 5) is 30.7. The van der Waals surface area contributed by atoms with Crippen molar-refractivity contribution in [1.82, 2.24) is 29.2 Å². The fraction of sp³-hybridized carbons (Fsp3) is 0.500. The minimum Gasteiger partial charge on any atom is -0.459 e. The number of fused-ring (bicyclic) bond motifs is 1. The molecular formula is C20H24N6O3. The van der Waals surface area contributed by atoms with E-state index in [0.29, 0.717) is 24.0 Å². The van der Waals surface area contributed by atoms with Crippen LogP contribution in [0, 0.1) is 0 Å². The first-order valence-corrected chi connectivity index (χ1v) is 10.1. The number of nitrogens with zero attached hydrogens (tertiary/aromatic N) is 5. The molecule has 0 bridgehead atoms. The normalized spacial score (nSPS) is 21.0. The van der Waals surface area contributed by atoms with Crippen LogP contribution in [0.15, 0.2) is 35.6 Å². The lowest BCUT2D eigenvalue weighted by Crippen LogP contribution is -2.27. The fourth-order valence-electron chi connectivity index (χ4n) is 4.19. The van der Waals surface area contributed by atoms with Gasteiger partial charge in [-0.1, -0.05) is 0 Å². The molecule has 0 aliphatic carbocycles. The van der Waals surface area contributed by atoms with Crippen LogP contribution in [-0.2, 0) is 11.3 Å². The summed E-state index contributed by atoms with van der Waals surface area (Å²) in [6, 6.07) is 2.18. The maximum atomic E-state index is 12.6. The molecular weight excluding hydrogens is 372 g/mol. The SMILES string of the molecule is O=c1[nH]c(CN2CCC(Oc3ncccn3)C2)cn2c(C3CCOCC3)ncc12. The van der Waals surface area contributed by atoms with Crippen LogP contribution in [0.5, 0.6) is 6.01 Å². The summed E-state index contributed by atoms with van der Waals surface area (Å²) < 4.78 is 13.3. The molecule has 2 aliphatic heterocycles. The van der Waals surface area contributed by atoms with E-state index < -0.39 is 0 Å². The second-order valence-electron chi connectivity index (χ2n) is 7.66. The largest absolute Gasteiger partial charge is 0.459 e. The molecule has 0 saturated carbocycles. The Morgan fingerprint density at radius 3 is 2.83 bits per heavy atom. The molecule has 0 radical (unpaired) electrons. The molecule has 0 aromatic carbocycles. The Bertz CT molecular complexity index is 1030. The first-order valence-electron chi connectivity index (χ1n) is 10.1. The molecule has 3 aromatic heterocycles. The van der Waals surface area contributed by atoms with Gasteiger partial charge in [0.05, 0.1) is 6.20 Å². The van der Waals surface area contributed by atoms with Crippen LogP contribution in [0.1, 0.15) is 36.7 Å². The molecule has 29 heavy (non-hydrogen) atoms. The Kier molecular flexibility index (Phi) is 4.99. The van der Waals surface area contributed by atoms with Crippen LogP contribution in [0.25, 0.3) is 5.52 Å². The van der Waals surface area contributed by atoms with Gasteiger partial charge in [-0.15, -0.1) is 0 Å². The van der Waals surface area contributed by atoms with Gasteiger partial charge in [-0.25, -0.2) is 15.0 Å². The molecule has 0 amide bonds. The maximum absolute atomic E-state index is 12.6. The number of aromatic nitrogens is 5. The highest BCUT2D eigenvalue weighted by molar-refractivity contribution is 5.44. The Hall–Kier alpha value is -2.78. The van der Waals surface area contributed by atoms with E-state index in [2.05, 4.69) is 24.8 Å². The van der Waals surface area contributed by atoms with Crippen molar-refractivity contribution in [3.8, 4) is 6.01 Å². The van der Waals surface area contributed by atoms with Gasteiger partial charge in [-0.05, 0) is 25.3 Å². The highest BCUT2D eigenvalue weighted by atomic mass is 16.5. The van der Waals surface area contributed by atoms with Crippen molar-refractivity contribution in [2.75, 3.05) is 26.3 Å². The van der Waals surface area contributed by atoms with Gasteiger partial charge in [0.1, 0.15) is 17.4 Å². The van der Waals surface area contributed by atoms with Crippen molar-refractivity contribution in [3.63, 3.8) is 0 Å². The van der Waals surface area contributed by atoms with E-state index in [1.165, 1.54) is 0 Å². The van der Waals surface area contributed by atoms with Crippen LogP contribution >= 0.6 is 0 Å². The fourth-order valence-corrected chi connectivity index (χ4v) is 4.19. The predicted molar refractivity (Wildman–Crippen MR) is 105 cm³/mol. The molecule has 2 saturated heterocycles. The van der Waals surface area contributed by atoms with Gasteiger partial charge in [-0.3, -0.25) is 14.1 Å². The third-order valence-electron chi connectivity index (χ3n) is 5.64. The van der Waals surface area contributed by atoms with Gasteiger partial charge < -0.3 is 14.5 Å². The van der Waals surface area contributed by atoms with Crippen LogP contribution in [0.4, 0.5) is 0 Å². The molecule has 2 fully saturated rings. The van der Waals surface area contributed by atoms with Crippen molar-refractivity contribution in [2.45, 2.75) is 37.8 Å². The number of imidazole rings is 1. The summed E-state index contributed by atoms with van der Waals surface area (Å²) in [6.07, 6.45) is 9.88. The summed E-state index contributed by atoms with van der Waals surface area (Å²) in [5.41, 5.74) is 1.38. The Labute approximate surface area is 167 Å². The van der Waals surface area contributed by atoms with Crippen LogP contribution in [-0.4, -0.2) is 61.6 Å². The van der Waals surface area contributed by atoms with Gasteiger partial charge in [0.25, 0.3) is 5.56 Å². The van der Waals surface area contributed by atoms with Crippen molar-refractivity contribution in [1.29, 1.82) is 0 Å². The first-order chi connectivity index (χ1) is 14.3. The number of rotatable bonds is 5. The van der Waals surface area contributed by atoms with E-state index in [9.17, 15) is 4.79 Å². The van der Waals surface area contributed by atoms with E-state index in [1.54, 1.807) is 24.7 Å². The molecule has 1 atom stereocenters. The topological polar surface area (TPSA) is 97.6 Å². The second kappa shape index (κ2) is 7.92. The lowest BCUT2D eigenvalue weighted by Gasteiger charge is -2.21. The van der Waals surface area contributed by atoms with Crippen molar-refractivity contribution in [2.24, 2.45) is 0 Å². The van der Waals surface area contributed by atoms with Crippen LogP contribution < -0.4 is 10.3 Å². The third-order valence-corrected chi connectivity index (χ3v) is 5.64. The van der Waals surface area contributed by atoms with Crippen LogP contribution in [0.2, 0.25) is 0 Å². The number of ether oxygens (including phenoxy) is 2. The number of nitrogens with one attached hydrogen (secondary N) is 1. The average Bonchev–Trinajstić information content (AvgIpc) is 3.37. The third kappa shape index (κ3) is 3.88. The Balaban J connectivity index is 1.31. The number of likely N-dealkylation sites (tertiary alicyclic amines) is 1. The minimum absolute atomic E-state index is 0.0545. The number of aromatic amines is 1. The monoisotopic (exact) mass is 396 g/mol. The summed E-state index contributed by atoms with van der Waals surface area (Å²) in [6.45, 7) is 3.82. The Morgan fingerprint density at radius 1 is 1.17 bits per heavy atom. The molecule has 9 heteroatoms. The highest BCUT2D eigenvalue weighted by Gasteiger charge is 2.26. The van der Waals surface area contributed by atoms with Crippen LogP contribution in [0.3, 0.4) is 0 Å². The summed E-state index contributed by atoms with van der Waals surface area (Å²) in [5, 5.41) is 0. The van der Waals surface area contributed by atoms with Gasteiger partial charge in [0.15, 0.2) is 0 Å². The number of hydrogen-bond acceptors (Lipinski definition) is 7. The van der Waals surface area contributed by atoms with Gasteiger partial charge in [0.2, 0.25) is 0 Å². The summed E-state index contributed by atoms with van der Waals surface area (Å²) in [7, 11) is 0. The van der Waals surface area contributed by atoms with E-state index >= 15 is 0 Å².